The number of amides is 2. The molecular formula is C31H56N8O6. The number of ether oxygens (including phenoxy) is 3. The van der Waals surface area contributed by atoms with E-state index in [1.165, 1.54) is 0 Å². The van der Waals surface area contributed by atoms with E-state index in [1.807, 2.05) is 4.90 Å². The first-order valence-corrected chi connectivity index (χ1v) is 17.3. The molecule has 2 amide bonds. The highest BCUT2D eigenvalue weighted by molar-refractivity contribution is 5.82. The Bertz CT molecular complexity index is 984. The molecule has 6 aliphatic rings. The van der Waals surface area contributed by atoms with E-state index < -0.39 is 12.1 Å². The molecular weight excluding hydrogens is 580 g/mol. The fourth-order valence-corrected chi connectivity index (χ4v) is 7.88. The first kappa shape index (κ1) is 33.4. The van der Waals surface area contributed by atoms with Gasteiger partial charge >= 0.3 is 0 Å². The number of nitrogens with one attached hydrogen (secondary N) is 5. The van der Waals surface area contributed by atoms with E-state index in [4.69, 9.17) is 14.2 Å². The van der Waals surface area contributed by atoms with E-state index in [0.29, 0.717) is 76.6 Å². The van der Waals surface area contributed by atoms with Gasteiger partial charge in [-0.25, -0.2) is 0 Å². The second-order valence-corrected chi connectivity index (χ2v) is 14.1. The maximum Gasteiger partial charge on any atom is 0.237 e. The largest absolute Gasteiger partial charge is 0.390 e. The zero-order valence-corrected chi connectivity index (χ0v) is 27.1. The number of hydrogen-bond acceptors (Lipinski definition) is 12. The second kappa shape index (κ2) is 15.6. The van der Waals surface area contributed by atoms with Crippen molar-refractivity contribution in [3.8, 4) is 0 Å². The monoisotopic (exact) mass is 636 g/mol. The average molecular weight is 637 g/mol. The van der Waals surface area contributed by atoms with E-state index in [0.717, 1.165) is 51.9 Å². The van der Waals surface area contributed by atoms with Gasteiger partial charge in [0.25, 0.3) is 0 Å². The molecule has 14 heteroatoms. The van der Waals surface area contributed by atoms with Crippen molar-refractivity contribution in [1.29, 1.82) is 0 Å². The number of β-amino-alcohol motifs (C(OH)–C–C–N with tert-alkyl or cyclic N) is 1. The van der Waals surface area contributed by atoms with Crippen LogP contribution in [0.3, 0.4) is 0 Å². The van der Waals surface area contributed by atoms with Crippen LogP contribution in [0.1, 0.15) is 46.0 Å². The van der Waals surface area contributed by atoms with Gasteiger partial charge < -0.3 is 34.4 Å². The molecule has 6 N–H and O–H groups in total. The van der Waals surface area contributed by atoms with Gasteiger partial charge in [-0.15, -0.1) is 0 Å². The number of carbonyl (C=O) groups excluding carboxylic acids is 2. The van der Waals surface area contributed by atoms with E-state index in [2.05, 4.69) is 43.3 Å². The van der Waals surface area contributed by atoms with Crippen molar-refractivity contribution in [3.05, 3.63) is 0 Å². The quantitative estimate of drug-likeness (QED) is 0.149. The Kier molecular flexibility index (Phi) is 11.6. The molecule has 0 aromatic heterocycles. The van der Waals surface area contributed by atoms with E-state index in [9.17, 15) is 14.7 Å². The van der Waals surface area contributed by atoms with Gasteiger partial charge in [-0.1, -0.05) is 0 Å². The van der Waals surface area contributed by atoms with Crippen molar-refractivity contribution in [2.24, 2.45) is 11.8 Å². The number of nitrogens with zero attached hydrogens (tertiary/aromatic N) is 3. The smallest absolute Gasteiger partial charge is 0.237 e. The summed E-state index contributed by atoms with van der Waals surface area (Å²) in [5.74, 6) is 1.32. The van der Waals surface area contributed by atoms with Gasteiger partial charge in [-0.3, -0.25) is 35.8 Å². The lowest BCUT2D eigenvalue weighted by molar-refractivity contribution is -0.131. The lowest BCUT2D eigenvalue weighted by atomic mass is 9.74. The summed E-state index contributed by atoms with van der Waals surface area (Å²) in [4.78, 5) is 31.7. The van der Waals surface area contributed by atoms with Gasteiger partial charge in [-0.05, 0) is 51.0 Å². The fourth-order valence-electron chi connectivity index (χ4n) is 7.88. The van der Waals surface area contributed by atoms with Crippen molar-refractivity contribution >= 4 is 11.8 Å². The summed E-state index contributed by atoms with van der Waals surface area (Å²) in [5.41, 5.74) is 0. The highest BCUT2D eigenvalue weighted by atomic mass is 16.5. The summed E-state index contributed by atoms with van der Waals surface area (Å²) < 4.78 is 17.3. The molecule has 1 saturated carbocycles. The highest BCUT2D eigenvalue weighted by Gasteiger charge is 2.39. The van der Waals surface area contributed by atoms with Crippen LogP contribution in [0.4, 0.5) is 0 Å². The Balaban J connectivity index is 0.923. The van der Waals surface area contributed by atoms with E-state index in [1.54, 1.807) is 6.92 Å². The molecule has 256 valence electrons. The Labute approximate surface area is 267 Å². The first-order chi connectivity index (χ1) is 21.8. The third-order valence-electron chi connectivity index (χ3n) is 10.8. The molecule has 5 aliphatic heterocycles. The Morgan fingerprint density at radius 1 is 1.04 bits per heavy atom. The predicted octanol–water partition coefficient (Wildman–Crippen LogP) is -1.98. The number of likely N-dealkylation sites (tertiary alicyclic amines) is 1. The standard InChI is InChI=1S/C31H56N8O6/c1-20-28(45-19-33-20)18-44-26-4-3-23-14-37(6-5-22(23)11-26)15-25(41)13-32-30(42)27-12-29(34-24-16-43-17-24)36-31(35-27)39-9-7-38(8-10-39)21(2)40/h20,22-29,31,33-36,41H,3-19H2,1-2H3,(H,32,42)/t20?,22?,23?,25-,26?,27?,28?,29?,31?/m0/s1. The number of carbonyl (C=O) groups is 2. The van der Waals surface area contributed by atoms with Crippen LogP contribution < -0.4 is 26.6 Å². The zero-order chi connectivity index (χ0) is 31.3. The normalized spacial score (nSPS) is 37.5. The summed E-state index contributed by atoms with van der Waals surface area (Å²) >= 11 is 0. The number of aliphatic hydroxyl groups is 1. The van der Waals surface area contributed by atoms with Gasteiger partial charge in [0.05, 0.1) is 63.1 Å². The van der Waals surface area contributed by atoms with Crippen LogP contribution in [0.5, 0.6) is 0 Å². The van der Waals surface area contributed by atoms with Crippen LogP contribution in [0, 0.1) is 11.8 Å². The van der Waals surface area contributed by atoms with Crippen molar-refractivity contribution in [1.82, 2.24) is 41.3 Å². The maximum atomic E-state index is 13.4. The van der Waals surface area contributed by atoms with Crippen LogP contribution in [-0.4, -0.2) is 159 Å². The third kappa shape index (κ3) is 8.92. The molecule has 45 heavy (non-hydrogen) atoms. The Morgan fingerprint density at radius 3 is 2.58 bits per heavy atom. The van der Waals surface area contributed by atoms with E-state index in [-0.39, 0.29) is 43.0 Å². The van der Waals surface area contributed by atoms with Crippen molar-refractivity contribution in [3.63, 3.8) is 0 Å². The summed E-state index contributed by atoms with van der Waals surface area (Å²) in [6.45, 7) is 12.0. The molecule has 1 aliphatic carbocycles. The molecule has 0 aromatic carbocycles. The number of piperazine rings is 1. The molecule has 0 aromatic rings. The maximum absolute atomic E-state index is 13.4. The molecule has 8 unspecified atom stereocenters. The lowest BCUT2D eigenvalue weighted by Gasteiger charge is -2.46. The van der Waals surface area contributed by atoms with Crippen molar-refractivity contribution in [2.75, 3.05) is 78.9 Å². The van der Waals surface area contributed by atoms with Gasteiger partial charge in [0.1, 0.15) is 6.29 Å². The van der Waals surface area contributed by atoms with Gasteiger partial charge in [0.2, 0.25) is 11.8 Å². The second-order valence-electron chi connectivity index (χ2n) is 14.1. The van der Waals surface area contributed by atoms with Gasteiger partial charge in [0.15, 0.2) is 0 Å². The minimum absolute atomic E-state index is 0.0462. The molecule has 14 nitrogen and oxygen atoms in total. The SMILES string of the molecule is CC(=O)N1CCN(C2NC(NC3COC3)CC(C(=O)NC[C@H](O)CN3CCC4CC(OCC5OCNC5C)CCC4C3)N2)CC1. The zero-order valence-electron chi connectivity index (χ0n) is 27.1. The van der Waals surface area contributed by atoms with Crippen LogP contribution in [0.2, 0.25) is 0 Å². The van der Waals surface area contributed by atoms with Gasteiger partial charge in [-0.2, -0.15) is 0 Å². The molecule has 5 saturated heterocycles. The first-order valence-electron chi connectivity index (χ1n) is 17.3. The lowest BCUT2D eigenvalue weighted by Crippen LogP contribution is -2.73. The number of rotatable bonds is 11. The van der Waals surface area contributed by atoms with E-state index >= 15 is 0 Å². The van der Waals surface area contributed by atoms with Gasteiger partial charge in [0, 0.05) is 65.2 Å². The molecule has 5 heterocycles. The van der Waals surface area contributed by atoms with Crippen LogP contribution in [-0.2, 0) is 23.8 Å². The number of piperidine rings is 1. The molecule has 0 radical (unpaired) electrons. The summed E-state index contributed by atoms with van der Waals surface area (Å²) in [6.07, 6.45) is 4.69. The fraction of sp³-hybridized carbons (Fsp3) is 0.935. The number of aliphatic hydroxyl groups excluding tert-OH is 1. The topological polar surface area (TPSA) is 152 Å². The summed E-state index contributed by atoms with van der Waals surface area (Å²) in [7, 11) is 0. The molecule has 6 fully saturated rings. The Morgan fingerprint density at radius 2 is 1.87 bits per heavy atom. The summed E-state index contributed by atoms with van der Waals surface area (Å²) in [5, 5.41) is 27.9. The minimum Gasteiger partial charge on any atom is -0.390 e. The molecule has 0 bridgehead atoms. The van der Waals surface area contributed by atoms with Crippen LogP contribution in [0.25, 0.3) is 0 Å². The average Bonchev–Trinajstić information content (AvgIpc) is 3.44. The van der Waals surface area contributed by atoms with Crippen molar-refractivity contribution < 1.29 is 28.9 Å². The molecule has 0 spiro atoms. The third-order valence-corrected chi connectivity index (χ3v) is 10.8. The van der Waals surface area contributed by atoms with Crippen LogP contribution >= 0.6 is 0 Å². The molecule has 6 rings (SSSR count). The predicted molar refractivity (Wildman–Crippen MR) is 167 cm³/mol. The minimum atomic E-state index is -0.620. The highest BCUT2D eigenvalue weighted by Crippen LogP contribution is 2.37. The Hall–Kier alpha value is -1.46. The summed E-state index contributed by atoms with van der Waals surface area (Å²) in [6, 6.07) is 0.220. The van der Waals surface area contributed by atoms with Crippen LogP contribution in [0.15, 0.2) is 0 Å². The number of fused-ring (bicyclic) bond motifs is 1. The molecule has 9 atom stereocenters. The number of hydrogen-bond donors (Lipinski definition) is 6. The van der Waals surface area contributed by atoms with Crippen molar-refractivity contribution in [2.45, 2.75) is 94.8 Å².